The largest absolute Gasteiger partial charge is 0.462 e. The number of fused-ring (bicyclic) bond motifs is 1. The maximum Gasteiger partial charge on any atom is 0.340 e. The van der Waals surface area contributed by atoms with E-state index >= 15 is 0 Å². The molecule has 1 atom stereocenters. The second kappa shape index (κ2) is 8.70. The highest BCUT2D eigenvalue weighted by Gasteiger charge is 2.31. The number of aromatic nitrogens is 5. The van der Waals surface area contributed by atoms with E-state index in [1.54, 1.807) is 38.0 Å². The van der Waals surface area contributed by atoms with Crippen LogP contribution in [0.3, 0.4) is 0 Å². The van der Waals surface area contributed by atoms with E-state index in [1.807, 2.05) is 14.0 Å². The van der Waals surface area contributed by atoms with Crippen LogP contribution in [-0.4, -0.2) is 80.2 Å². The molecule has 4 rings (SSSR count). The molecule has 0 radical (unpaired) electrons. The Kier molecular flexibility index (Phi) is 5.96. The van der Waals surface area contributed by atoms with E-state index in [2.05, 4.69) is 29.9 Å². The Morgan fingerprint density at radius 1 is 1.19 bits per heavy atom. The van der Waals surface area contributed by atoms with Crippen LogP contribution in [0.2, 0.25) is 0 Å². The van der Waals surface area contributed by atoms with Crippen LogP contribution in [0.25, 0.3) is 11.0 Å². The second-order valence-electron chi connectivity index (χ2n) is 8.11. The highest BCUT2D eigenvalue weighted by molar-refractivity contribution is 6.03. The van der Waals surface area contributed by atoms with Crippen molar-refractivity contribution in [2.75, 3.05) is 37.7 Å². The Morgan fingerprint density at radius 3 is 2.59 bits per heavy atom. The van der Waals surface area contributed by atoms with Crippen LogP contribution in [0, 0.1) is 13.8 Å². The molecule has 0 aromatic carbocycles. The van der Waals surface area contributed by atoms with Gasteiger partial charge in [-0.05, 0) is 33.3 Å². The van der Waals surface area contributed by atoms with Crippen LogP contribution in [0.1, 0.15) is 46.0 Å². The second-order valence-corrected chi connectivity index (χ2v) is 8.11. The van der Waals surface area contributed by atoms with Gasteiger partial charge in [0.15, 0.2) is 11.4 Å². The summed E-state index contributed by atoms with van der Waals surface area (Å²) in [5.41, 5.74) is 3.04. The maximum atomic E-state index is 13.3. The molecule has 3 aromatic heterocycles. The normalized spacial score (nSPS) is 15.8. The topological polar surface area (TPSA) is 109 Å². The first-order chi connectivity index (χ1) is 15.3. The summed E-state index contributed by atoms with van der Waals surface area (Å²) in [6.45, 7) is 10.5. The number of aryl methyl sites for hydroxylation is 2. The summed E-state index contributed by atoms with van der Waals surface area (Å²) < 4.78 is 6.88. The minimum absolute atomic E-state index is 0.0220. The fourth-order valence-corrected chi connectivity index (χ4v) is 4.40. The van der Waals surface area contributed by atoms with E-state index in [0.29, 0.717) is 29.1 Å². The van der Waals surface area contributed by atoms with Gasteiger partial charge in [-0.1, -0.05) is 0 Å². The standard InChI is InChI=1S/C22H29N7O3/c1-6-32-22(31)17-13(2)18(26-14(17)3)19(30)15(4)28-7-9-29(10-8-28)21-16-11-25-27(5)20(16)23-12-24-21/h11-12,15,26H,6-10H2,1-5H3. The molecular weight excluding hydrogens is 410 g/mol. The van der Waals surface area contributed by atoms with Crippen LogP contribution in [-0.2, 0) is 11.8 Å². The van der Waals surface area contributed by atoms with Gasteiger partial charge in [-0.3, -0.25) is 14.4 Å². The molecular formula is C22H29N7O3. The average molecular weight is 440 g/mol. The van der Waals surface area contributed by atoms with E-state index in [9.17, 15) is 9.59 Å². The first-order valence-corrected chi connectivity index (χ1v) is 10.9. The van der Waals surface area contributed by atoms with E-state index in [-0.39, 0.29) is 11.8 Å². The molecule has 0 spiro atoms. The van der Waals surface area contributed by atoms with Crippen LogP contribution < -0.4 is 4.90 Å². The Balaban J connectivity index is 1.47. The first kappa shape index (κ1) is 21.9. The molecule has 32 heavy (non-hydrogen) atoms. The molecule has 170 valence electrons. The fraction of sp³-hybridized carbons (Fsp3) is 0.500. The van der Waals surface area contributed by atoms with Gasteiger partial charge >= 0.3 is 5.97 Å². The van der Waals surface area contributed by atoms with Crippen molar-refractivity contribution in [3.63, 3.8) is 0 Å². The summed E-state index contributed by atoms with van der Waals surface area (Å²) in [5, 5.41) is 5.22. The van der Waals surface area contributed by atoms with Crippen LogP contribution in [0.5, 0.6) is 0 Å². The molecule has 1 unspecified atom stereocenters. The van der Waals surface area contributed by atoms with Gasteiger partial charge in [0.25, 0.3) is 0 Å². The third kappa shape index (κ3) is 3.75. The number of H-pyrrole nitrogens is 1. The summed E-state index contributed by atoms with van der Waals surface area (Å²) in [6, 6.07) is -0.312. The number of carbonyl (C=O) groups excluding carboxylic acids is 2. The number of esters is 1. The zero-order valence-electron chi connectivity index (χ0n) is 19.2. The summed E-state index contributed by atoms with van der Waals surface area (Å²) in [4.78, 5) is 41.8. The molecule has 0 saturated carbocycles. The number of anilines is 1. The lowest BCUT2D eigenvalue weighted by Crippen LogP contribution is -2.52. The van der Waals surface area contributed by atoms with Crippen molar-refractivity contribution in [3.05, 3.63) is 35.0 Å². The van der Waals surface area contributed by atoms with Gasteiger partial charge < -0.3 is 14.6 Å². The fourth-order valence-electron chi connectivity index (χ4n) is 4.40. The van der Waals surface area contributed by atoms with Crippen molar-refractivity contribution in [1.82, 2.24) is 29.6 Å². The minimum atomic E-state index is -0.398. The van der Waals surface area contributed by atoms with Crippen LogP contribution >= 0.6 is 0 Å². The van der Waals surface area contributed by atoms with Crippen molar-refractivity contribution in [1.29, 1.82) is 0 Å². The molecule has 10 nitrogen and oxygen atoms in total. The molecule has 1 saturated heterocycles. The van der Waals surface area contributed by atoms with Gasteiger partial charge in [0, 0.05) is 38.9 Å². The van der Waals surface area contributed by atoms with Crippen molar-refractivity contribution in [2.24, 2.45) is 7.05 Å². The molecule has 1 aliphatic heterocycles. The molecule has 1 aliphatic rings. The number of Topliss-reactive ketones (excluding diaryl/α,β-unsaturated/α-hetero) is 1. The zero-order chi connectivity index (χ0) is 23.0. The van der Waals surface area contributed by atoms with Crippen LogP contribution in [0.4, 0.5) is 5.82 Å². The number of carbonyl (C=O) groups is 2. The van der Waals surface area contributed by atoms with Gasteiger partial charge in [0.2, 0.25) is 0 Å². The van der Waals surface area contributed by atoms with Crippen LogP contribution in [0.15, 0.2) is 12.5 Å². The van der Waals surface area contributed by atoms with E-state index < -0.39 is 5.97 Å². The van der Waals surface area contributed by atoms with Crippen molar-refractivity contribution < 1.29 is 14.3 Å². The van der Waals surface area contributed by atoms with E-state index in [1.165, 1.54) is 0 Å². The summed E-state index contributed by atoms with van der Waals surface area (Å²) in [5.74, 6) is 0.452. The summed E-state index contributed by atoms with van der Waals surface area (Å²) >= 11 is 0. The highest BCUT2D eigenvalue weighted by Crippen LogP contribution is 2.25. The lowest BCUT2D eigenvalue weighted by molar-refractivity contribution is 0.0525. The molecule has 1 N–H and O–H groups in total. The Morgan fingerprint density at radius 2 is 1.91 bits per heavy atom. The number of hydrogen-bond donors (Lipinski definition) is 1. The summed E-state index contributed by atoms with van der Waals surface area (Å²) in [7, 11) is 1.86. The smallest absolute Gasteiger partial charge is 0.340 e. The highest BCUT2D eigenvalue weighted by atomic mass is 16.5. The third-order valence-corrected chi connectivity index (χ3v) is 6.21. The number of nitrogens with one attached hydrogen (secondary N) is 1. The molecule has 1 fully saturated rings. The lowest BCUT2D eigenvalue weighted by atomic mass is 10.0. The Hall–Kier alpha value is -3.27. The quantitative estimate of drug-likeness (QED) is 0.458. The number of nitrogens with zero attached hydrogens (tertiary/aromatic N) is 6. The number of ether oxygens (including phenoxy) is 1. The number of rotatable bonds is 6. The van der Waals surface area contributed by atoms with Gasteiger partial charge in [-0.25, -0.2) is 14.8 Å². The first-order valence-electron chi connectivity index (χ1n) is 10.9. The van der Waals surface area contributed by atoms with Crippen molar-refractivity contribution >= 4 is 28.6 Å². The number of piperazine rings is 1. The Bertz CT molecular complexity index is 1160. The molecule has 10 heteroatoms. The van der Waals surface area contributed by atoms with Gasteiger partial charge in [-0.2, -0.15) is 5.10 Å². The SMILES string of the molecule is CCOC(=O)c1c(C)[nH]c(C(=O)C(C)N2CCN(c3ncnc4c3cnn4C)CC2)c1C. The predicted molar refractivity (Wildman–Crippen MR) is 120 cm³/mol. The lowest BCUT2D eigenvalue weighted by Gasteiger charge is -2.38. The maximum absolute atomic E-state index is 13.3. The molecule has 0 amide bonds. The van der Waals surface area contributed by atoms with E-state index in [0.717, 1.165) is 43.0 Å². The molecule has 4 heterocycles. The molecule has 0 bridgehead atoms. The third-order valence-electron chi connectivity index (χ3n) is 6.21. The minimum Gasteiger partial charge on any atom is -0.462 e. The number of aromatic amines is 1. The van der Waals surface area contributed by atoms with Gasteiger partial charge in [0.05, 0.1) is 35.5 Å². The summed E-state index contributed by atoms with van der Waals surface area (Å²) in [6.07, 6.45) is 3.36. The predicted octanol–water partition coefficient (Wildman–Crippen LogP) is 1.88. The Labute approximate surface area is 186 Å². The monoisotopic (exact) mass is 439 g/mol. The van der Waals surface area contributed by atoms with Crippen molar-refractivity contribution in [3.8, 4) is 0 Å². The molecule has 3 aromatic rings. The number of ketones is 1. The van der Waals surface area contributed by atoms with Gasteiger partial charge in [0.1, 0.15) is 12.1 Å². The van der Waals surface area contributed by atoms with E-state index in [4.69, 9.17) is 4.74 Å². The van der Waals surface area contributed by atoms with Crippen molar-refractivity contribution in [2.45, 2.75) is 33.7 Å². The average Bonchev–Trinajstić information content (AvgIpc) is 3.32. The van der Waals surface area contributed by atoms with Gasteiger partial charge in [-0.15, -0.1) is 0 Å². The number of hydrogen-bond acceptors (Lipinski definition) is 8. The molecule has 0 aliphatic carbocycles. The zero-order valence-corrected chi connectivity index (χ0v) is 19.2.